The monoisotopic (exact) mass is 309 g/mol. The second kappa shape index (κ2) is 6.27. The molecule has 0 aliphatic heterocycles. The summed E-state index contributed by atoms with van der Waals surface area (Å²) in [6.45, 7) is 0.580. The van der Waals surface area contributed by atoms with Crippen LogP contribution in [-0.4, -0.2) is 27.8 Å². The van der Waals surface area contributed by atoms with Crippen molar-refractivity contribution in [2.45, 2.75) is 32.1 Å². The molecule has 106 valence electrons. The molecule has 0 saturated heterocycles. The van der Waals surface area contributed by atoms with Gasteiger partial charge in [0.25, 0.3) is 0 Å². The van der Waals surface area contributed by atoms with Gasteiger partial charge >= 0.3 is 6.03 Å². The molecule has 2 heterocycles. The van der Waals surface area contributed by atoms with Crippen molar-refractivity contribution in [2.24, 2.45) is 0 Å². The molecule has 0 saturated carbocycles. The normalized spacial score (nSPS) is 13.8. The summed E-state index contributed by atoms with van der Waals surface area (Å²) in [5.74, 6) is 0. The van der Waals surface area contributed by atoms with Gasteiger partial charge in [-0.05, 0) is 25.7 Å². The topological polar surface area (TPSA) is 79.8 Å². The number of anilines is 1. The molecule has 2 N–H and O–H groups in total. The zero-order valence-electron chi connectivity index (χ0n) is 10.9. The van der Waals surface area contributed by atoms with Crippen molar-refractivity contribution in [3.63, 3.8) is 0 Å². The lowest BCUT2D eigenvalue weighted by atomic mass is 10.0. The average Bonchev–Trinajstić information content (AvgIpc) is 3.07. The Bertz CT molecular complexity index is 557. The van der Waals surface area contributed by atoms with E-state index >= 15 is 0 Å². The van der Waals surface area contributed by atoms with Gasteiger partial charge in [-0.3, -0.25) is 5.32 Å². The van der Waals surface area contributed by atoms with Crippen LogP contribution in [0.25, 0.3) is 0 Å². The third-order valence-electron chi connectivity index (χ3n) is 3.09. The number of amides is 2. The van der Waals surface area contributed by atoms with Crippen LogP contribution in [0.3, 0.4) is 0 Å². The highest BCUT2D eigenvalue weighted by Gasteiger charge is 2.14. The van der Waals surface area contributed by atoms with Crippen LogP contribution in [0.2, 0.25) is 0 Å². The number of nitrogens with one attached hydrogen (secondary N) is 2. The van der Waals surface area contributed by atoms with Gasteiger partial charge in [0, 0.05) is 17.8 Å². The summed E-state index contributed by atoms with van der Waals surface area (Å²) in [6.07, 6.45) is 5.58. The Balaban J connectivity index is 1.45. The van der Waals surface area contributed by atoms with Gasteiger partial charge in [0.15, 0.2) is 0 Å². The number of carbonyl (C=O) groups excluding carboxylic acids is 1. The molecule has 0 spiro atoms. The zero-order valence-corrected chi connectivity index (χ0v) is 12.5. The predicted molar refractivity (Wildman–Crippen MR) is 79.4 cm³/mol. The Morgan fingerprint density at radius 2 is 2.25 bits per heavy atom. The highest BCUT2D eigenvalue weighted by Crippen LogP contribution is 2.26. The number of thiazole rings is 1. The second-order valence-corrected chi connectivity index (χ2v) is 6.56. The molecule has 0 bridgehead atoms. The minimum absolute atomic E-state index is 0.247. The minimum Gasteiger partial charge on any atom is -0.337 e. The summed E-state index contributed by atoms with van der Waals surface area (Å²) >= 11 is 3.08. The van der Waals surface area contributed by atoms with Crippen molar-refractivity contribution in [2.75, 3.05) is 11.9 Å². The quantitative estimate of drug-likeness (QED) is 0.907. The third kappa shape index (κ3) is 3.31. The molecule has 1 aliphatic carbocycles. The lowest BCUT2D eigenvalue weighted by Crippen LogP contribution is -2.30. The number of rotatable bonds is 4. The van der Waals surface area contributed by atoms with Gasteiger partial charge in [-0.15, -0.1) is 21.5 Å². The maximum absolute atomic E-state index is 11.6. The highest BCUT2D eigenvalue weighted by molar-refractivity contribution is 7.13. The first-order chi connectivity index (χ1) is 9.81. The summed E-state index contributed by atoms with van der Waals surface area (Å²) in [7, 11) is 0. The van der Waals surface area contributed by atoms with E-state index in [9.17, 15) is 4.79 Å². The van der Waals surface area contributed by atoms with Crippen LogP contribution in [0.15, 0.2) is 5.51 Å². The van der Waals surface area contributed by atoms with Crippen LogP contribution >= 0.6 is 22.7 Å². The van der Waals surface area contributed by atoms with Gasteiger partial charge in [0.1, 0.15) is 5.51 Å². The zero-order chi connectivity index (χ0) is 13.8. The number of fused-ring (bicyclic) bond motifs is 1. The van der Waals surface area contributed by atoms with E-state index in [2.05, 4.69) is 25.8 Å². The van der Waals surface area contributed by atoms with E-state index in [1.165, 1.54) is 34.7 Å². The molecule has 0 atom stereocenters. The van der Waals surface area contributed by atoms with E-state index in [1.807, 2.05) is 0 Å². The maximum atomic E-state index is 11.6. The average molecular weight is 309 g/mol. The number of carbonyl (C=O) groups is 1. The number of nitrogens with zero attached hydrogens (tertiary/aromatic N) is 3. The fraction of sp³-hybridized carbons (Fsp3) is 0.500. The van der Waals surface area contributed by atoms with Gasteiger partial charge in [-0.1, -0.05) is 11.3 Å². The summed E-state index contributed by atoms with van der Waals surface area (Å²) < 4.78 is 0. The fourth-order valence-corrected chi connectivity index (χ4v) is 3.76. The Kier molecular flexibility index (Phi) is 4.22. The molecule has 2 amide bonds. The van der Waals surface area contributed by atoms with Crippen LogP contribution in [0.4, 0.5) is 9.93 Å². The molecule has 6 nitrogen and oxygen atoms in total. The van der Waals surface area contributed by atoms with E-state index in [1.54, 1.807) is 16.8 Å². The van der Waals surface area contributed by atoms with Gasteiger partial charge in [-0.2, -0.15) is 0 Å². The number of hydrogen-bond donors (Lipinski definition) is 2. The molecule has 0 fully saturated rings. The lowest BCUT2D eigenvalue weighted by Gasteiger charge is -2.06. The first kappa shape index (κ1) is 13.4. The lowest BCUT2D eigenvalue weighted by molar-refractivity contribution is 0.252. The Hall–Kier alpha value is -1.54. The van der Waals surface area contributed by atoms with Crippen molar-refractivity contribution in [3.05, 3.63) is 21.1 Å². The van der Waals surface area contributed by atoms with Crippen molar-refractivity contribution in [1.82, 2.24) is 20.5 Å². The van der Waals surface area contributed by atoms with Crippen molar-refractivity contribution in [1.29, 1.82) is 0 Å². The van der Waals surface area contributed by atoms with E-state index < -0.39 is 0 Å². The van der Waals surface area contributed by atoms with Crippen molar-refractivity contribution < 1.29 is 4.79 Å². The standard InChI is InChI=1S/C12H15N5OS2/c18-11(16-12-17-14-7-19-12)13-6-5-10-15-8-3-1-2-4-9(8)20-10/h7H,1-6H2,(H2,13,16,17,18). The summed E-state index contributed by atoms with van der Waals surface area (Å²) in [5.41, 5.74) is 2.85. The molecular weight excluding hydrogens is 294 g/mol. The van der Waals surface area contributed by atoms with Gasteiger partial charge < -0.3 is 5.32 Å². The van der Waals surface area contributed by atoms with Gasteiger partial charge in [-0.25, -0.2) is 9.78 Å². The first-order valence-electron chi connectivity index (χ1n) is 6.60. The molecule has 20 heavy (non-hydrogen) atoms. The maximum Gasteiger partial charge on any atom is 0.321 e. The molecular formula is C12H15N5OS2. The summed E-state index contributed by atoms with van der Waals surface area (Å²) in [6, 6.07) is -0.247. The molecule has 0 radical (unpaired) electrons. The molecule has 2 aromatic rings. The Labute approximate surface area is 124 Å². The van der Waals surface area contributed by atoms with E-state index in [0.29, 0.717) is 11.7 Å². The SMILES string of the molecule is O=C(NCCc1nc2c(s1)CCCC2)Nc1nncs1. The predicted octanol–water partition coefficient (Wildman–Crippen LogP) is 2.24. The summed E-state index contributed by atoms with van der Waals surface area (Å²) in [5, 5.41) is 14.5. The van der Waals surface area contributed by atoms with Crippen LogP contribution in [0, 0.1) is 0 Å². The second-order valence-electron chi connectivity index (χ2n) is 4.56. The Morgan fingerprint density at radius 1 is 1.35 bits per heavy atom. The highest BCUT2D eigenvalue weighted by atomic mass is 32.1. The van der Waals surface area contributed by atoms with E-state index in [4.69, 9.17) is 0 Å². The van der Waals surface area contributed by atoms with Crippen molar-refractivity contribution in [3.8, 4) is 0 Å². The number of urea groups is 1. The molecule has 2 aromatic heterocycles. The molecule has 1 aliphatic rings. The first-order valence-corrected chi connectivity index (χ1v) is 8.29. The number of aromatic nitrogens is 3. The molecule has 0 unspecified atom stereocenters. The van der Waals surface area contributed by atoms with Crippen LogP contribution in [0.1, 0.15) is 28.4 Å². The minimum atomic E-state index is -0.247. The van der Waals surface area contributed by atoms with Crippen LogP contribution in [-0.2, 0) is 19.3 Å². The Morgan fingerprint density at radius 3 is 3.05 bits per heavy atom. The van der Waals surface area contributed by atoms with E-state index in [0.717, 1.165) is 24.3 Å². The summed E-state index contributed by atoms with van der Waals surface area (Å²) in [4.78, 5) is 17.7. The number of aryl methyl sites for hydroxylation is 2. The fourth-order valence-electron chi connectivity index (χ4n) is 2.16. The van der Waals surface area contributed by atoms with Crippen molar-refractivity contribution >= 4 is 33.8 Å². The van der Waals surface area contributed by atoms with E-state index in [-0.39, 0.29) is 6.03 Å². The number of hydrogen-bond acceptors (Lipinski definition) is 6. The van der Waals surface area contributed by atoms with Crippen LogP contribution in [0.5, 0.6) is 0 Å². The van der Waals surface area contributed by atoms with Gasteiger partial charge in [0.05, 0.1) is 10.7 Å². The molecule has 8 heteroatoms. The molecule has 3 rings (SSSR count). The van der Waals surface area contributed by atoms with Gasteiger partial charge in [0.2, 0.25) is 5.13 Å². The smallest absolute Gasteiger partial charge is 0.321 e. The third-order valence-corrected chi connectivity index (χ3v) is 4.92. The molecule has 0 aromatic carbocycles. The van der Waals surface area contributed by atoms with Crippen LogP contribution < -0.4 is 10.6 Å². The largest absolute Gasteiger partial charge is 0.337 e.